The van der Waals surface area contributed by atoms with Crippen molar-refractivity contribution in [3.63, 3.8) is 0 Å². The van der Waals surface area contributed by atoms with E-state index in [1.165, 1.54) is 0 Å². The van der Waals surface area contributed by atoms with Crippen LogP contribution in [0.3, 0.4) is 0 Å². The molecular weight excluding hydrogens is 241 g/mol. The van der Waals surface area contributed by atoms with Gasteiger partial charge >= 0.3 is 6.36 Å². The van der Waals surface area contributed by atoms with Gasteiger partial charge in [0.2, 0.25) is 0 Å². The van der Waals surface area contributed by atoms with Gasteiger partial charge in [0.15, 0.2) is 5.75 Å². The molecule has 0 aliphatic carbocycles. The lowest BCUT2D eigenvalue weighted by molar-refractivity contribution is -0.276. The van der Waals surface area contributed by atoms with Crippen molar-refractivity contribution < 1.29 is 32.5 Å². The maximum Gasteiger partial charge on any atom is 0.573 e. The highest BCUT2D eigenvalue weighted by atomic mass is 19.4. The van der Waals surface area contributed by atoms with E-state index in [0.29, 0.717) is 0 Å². The summed E-state index contributed by atoms with van der Waals surface area (Å²) in [7, 11) is 0. The number of carboxylic acid groups (broad SMARTS) is 1. The zero-order chi connectivity index (χ0) is 13.1. The van der Waals surface area contributed by atoms with Crippen LogP contribution in [0.5, 0.6) is 11.5 Å². The average molecular weight is 245 g/mol. The highest BCUT2D eigenvalue weighted by Gasteiger charge is 2.32. The molecule has 17 heavy (non-hydrogen) atoms. The van der Waals surface area contributed by atoms with Gasteiger partial charge in [-0.15, -0.1) is 13.2 Å². The Balaban J connectivity index is 3.26. The van der Waals surface area contributed by atoms with E-state index < -0.39 is 29.4 Å². The van der Waals surface area contributed by atoms with Crippen molar-refractivity contribution in [3.05, 3.63) is 23.8 Å². The van der Waals surface area contributed by atoms with Gasteiger partial charge in [-0.05, 0) is 12.1 Å². The number of hydrogen-bond donors (Lipinski definition) is 0. The number of benzene rings is 1. The Morgan fingerprint density at radius 1 is 1.35 bits per heavy atom. The van der Waals surface area contributed by atoms with Crippen molar-refractivity contribution in [2.45, 2.75) is 6.36 Å². The van der Waals surface area contributed by atoms with Crippen LogP contribution in [0.15, 0.2) is 18.2 Å². The maximum atomic E-state index is 12.0. The third-order valence-corrected chi connectivity index (χ3v) is 1.59. The minimum atomic E-state index is -5.03. The zero-order valence-corrected chi connectivity index (χ0v) is 8.08. The Morgan fingerprint density at radius 3 is 2.41 bits per heavy atom. The molecule has 1 aromatic carbocycles. The van der Waals surface area contributed by atoms with Crippen molar-refractivity contribution in [3.8, 4) is 24.0 Å². The van der Waals surface area contributed by atoms with Gasteiger partial charge in [-0.2, -0.15) is 0 Å². The second-order valence-corrected chi connectivity index (χ2v) is 2.68. The number of aromatic carboxylic acids is 1. The first kappa shape index (κ1) is 12.7. The lowest BCUT2D eigenvalue weighted by atomic mass is 10.2. The summed E-state index contributed by atoms with van der Waals surface area (Å²) in [5.41, 5.74) is -0.900. The van der Waals surface area contributed by atoms with Gasteiger partial charge < -0.3 is 19.4 Å². The molecule has 0 saturated carbocycles. The van der Waals surface area contributed by atoms with Crippen LogP contribution in [0, 0.1) is 12.5 Å². The summed E-state index contributed by atoms with van der Waals surface area (Å²) < 4.78 is 43.9. The Kier molecular flexibility index (Phi) is 3.48. The Labute approximate surface area is 93.6 Å². The van der Waals surface area contributed by atoms with E-state index in [2.05, 4.69) is 9.47 Å². The molecule has 0 aliphatic rings. The quantitative estimate of drug-likeness (QED) is 0.743. The predicted molar refractivity (Wildman–Crippen MR) is 46.9 cm³/mol. The van der Waals surface area contributed by atoms with Crippen LogP contribution in [-0.4, -0.2) is 12.3 Å². The molecule has 0 amide bonds. The van der Waals surface area contributed by atoms with E-state index in [-0.39, 0.29) is 0 Å². The molecule has 7 heteroatoms. The van der Waals surface area contributed by atoms with Crippen LogP contribution in [0.2, 0.25) is 0 Å². The summed E-state index contributed by atoms with van der Waals surface area (Å²) in [4.78, 5) is 10.7. The molecule has 90 valence electrons. The summed E-state index contributed by atoms with van der Waals surface area (Å²) in [5, 5.41) is 10.7. The third kappa shape index (κ3) is 3.31. The number of terminal acetylenes is 1. The van der Waals surface area contributed by atoms with E-state index >= 15 is 0 Å². The molecule has 1 aromatic rings. The number of rotatable bonds is 3. The molecular formula is C10H4F3O4-. The summed E-state index contributed by atoms with van der Waals surface area (Å²) in [5.74, 6) is -3.31. The third-order valence-electron chi connectivity index (χ3n) is 1.59. The summed E-state index contributed by atoms with van der Waals surface area (Å²) >= 11 is 0. The van der Waals surface area contributed by atoms with Crippen molar-refractivity contribution in [2.24, 2.45) is 0 Å². The van der Waals surface area contributed by atoms with Crippen molar-refractivity contribution in [1.29, 1.82) is 0 Å². The molecule has 0 aliphatic heterocycles. The molecule has 0 N–H and O–H groups in total. The van der Waals surface area contributed by atoms with Gasteiger partial charge in [0.1, 0.15) is 11.9 Å². The number of halogens is 3. The predicted octanol–water partition coefficient (Wildman–Crippen LogP) is 0.918. The molecule has 0 saturated heterocycles. The first-order chi connectivity index (χ1) is 7.85. The van der Waals surface area contributed by atoms with Crippen LogP contribution in [-0.2, 0) is 0 Å². The number of carboxylic acids is 1. The fraction of sp³-hybridized carbons (Fsp3) is 0.100. The molecule has 0 fully saturated rings. The van der Waals surface area contributed by atoms with Gasteiger partial charge in [0.05, 0.1) is 11.5 Å². The van der Waals surface area contributed by atoms with E-state index in [9.17, 15) is 23.1 Å². The minimum absolute atomic E-state index is 0.464. The highest BCUT2D eigenvalue weighted by Crippen LogP contribution is 2.31. The number of hydrogen-bond acceptors (Lipinski definition) is 4. The van der Waals surface area contributed by atoms with Gasteiger partial charge in [0.25, 0.3) is 0 Å². The average Bonchev–Trinajstić information content (AvgIpc) is 2.15. The maximum absolute atomic E-state index is 12.0. The standard InChI is InChI=1S/C10H5F3O4/c1-2-16-6-4-3-5-7(8(6)9(14)15)17-10(11,12)13/h1,3-5H,(H,14,15)/p-1. The molecule has 0 heterocycles. The molecule has 0 spiro atoms. The van der Waals surface area contributed by atoms with Crippen LogP contribution in [0.4, 0.5) is 13.2 Å². The Bertz CT molecular complexity index is 473. The van der Waals surface area contributed by atoms with Gasteiger partial charge in [-0.25, -0.2) is 0 Å². The van der Waals surface area contributed by atoms with Crippen LogP contribution in [0.1, 0.15) is 10.4 Å². The number of alkyl halides is 3. The van der Waals surface area contributed by atoms with Crippen molar-refractivity contribution in [2.75, 3.05) is 0 Å². The van der Waals surface area contributed by atoms with E-state index in [0.717, 1.165) is 18.2 Å². The molecule has 1 rings (SSSR count). The summed E-state index contributed by atoms with van der Waals surface area (Å²) in [6.45, 7) is 0. The molecule has 4 nitrogen and oxygen atoms in total. The first-order valence-electron chi connectivity index (χ1n) is 4.07. The lowest BCUT2D eigenvalue weighted by Crippen LogP contribution is -2.26. The first-order valence-corrected chi connectivity index (χ1v) is 4.07. The van der Waals surface area contributed by atoms with Crippen LogP contribution < -0.4 is 14.6 Å². The largest absolute Gasteiger partial charge is 0.573 e. The van der Waals surface area contributed by atoms with E-state index in [1.807, 2.05) is 0 Å². The molecule has 0 bridgehead atoms. The Hall–Kier alpha value is -2.36. The normalized spacial score (nSPS) is 10.5. The second-order valence-electron chi connectivity index (χ2n) is 2.68. The molecule has 0 atom stereocenters. The van der Waals surface area contributed by atoms with Crippen molar-refractivity contribution in [1.82, 2.24) is 0 Å². The van der Waals surface area contributed by atoms with E-state index in [1.54, 1.807) is 6.11 Å². The van der Waals surface area contributed by atoms with Crippen LogP contribution in [0.25, 0.3) is 0 Å². The number of carbonyl (C=O) groups excluding carboxylic acids is 1. The smallest absolute Gasteiger partial charge is 0.545 e. The Morgan fingerprint density at radius 2 is 1.94 bits per heavy atom. The van der Waals surface area contributed by atoms with Gasteiger partial charge in [0, 0.05) is 0 Å². The van der Waals surface area contributed by atoms with Crippen LogP contribution >= 0.6 is 0 Å². The molecule has 0 aromatic heterocycles. The zero-order valence-electron chi connectivity index (χ0n) is 8.08. The number of carbonyl (C=O) groups is 1. The summed E-state index contributed by atoms with van der Waals surface area (Å²) in [6.07, 6.45) is 1.37. The van der Waals surface area contributed by atoms with Gasteiger partial charge in [-0.1, -0.05) is 12.5 Å². The minimum Gasteiger partial charge on any atom is -0.545 e. The monoisotopic (exact) mass is 245 g/mol. The lowest BCUT2D eigenvalue weighted by Gasteiger charge is -2.15. The van der Waals surface area contributed by atoms with E-state index in [4.69, 9.17) is 6.42 Å². The fourth-order valence-electron chi connectivity index (χ4n) is 1.07. The molecule has 0 radical (unpaired) electrons. The summed E-state index contributed by atoms with van der Waals surface area (Å²) in [6, 6.07) is 2.98. The van der Waals surface area contributed by atoms with Gasteiger partial charge in [-0.3, -0.25) is 0 Å². The molecule has 0 unspecified atom stereocenters. The fourth-order valence-corrected chi connectivity index (χ4v) is 1.07. The SMILES string of the molecule is C#COc1cccc(OC(F)(F)F)c1C(=O)[O-]. The second kappa shape index (κ2) is 4.65. The van der Waals surface area contributed by atoms with Crippen molar-refractivity contribution >= 4 is 5.97 Å². The number of ether oxygens (including phenoxy) is 2. The topological polar surface area (TPSA) is 58.6 Å². The highest BCUT2D eigenvalue weighted by molar-refractivity contribution is 5.92.